The van der Waals surface area contributed by atoms with Crippen LogP contribution in [0.2, 0.25) is 0 Å². The third-order valence-corrected chi connectivity index (χ3v) is 3.64. The summed E-state index contributed by atoms with van der Waals surface area (Å²) < 4.78 is 37.8. The normalized spacial score (nSPS) is 26.3. The predicted octanol–water partition coefficient (Wildman–Crippen LogP) is 3.30. The van der Waals surface area contributed by atoms with E-state index in [1.165, 1.54) is 12.1 Å². The zero-order valence-corrected chi connectivity index (χ0v) is 9.87. The highest BCUT2D eigenvalue weighted by molar-refractivity contribution is 5.85. The Bertz CT molecular complexity index is 430. The van der Waals surface area contributed by atoms with E-state index in [2.05, 4.69) is 5.32 Å². The molecular weight excluding hydrogens is 251 g/mol. The van der Waals surface area contributed by atoms with Gasteiger partial charge in [-0.3, -0.25) is 0 Å². The first-order valence-electron chi connectivity index (χ1n) is 5.47. The Morgan fingerprint density at radius 1 is 1.06 bits per heavy atom. The standard InChI is InChI=1S/C12H12F3N.ClH/c13-12(14,15)9-1-2-10-7-3-8(6-16-5-7)11(10)4-9;/h1-2,4,7-8,16H,3,5-6H2;1H. The molecule has 1 saturated heterocycles. The zero-order chi connectivity index (χ0) is 11.3. The molecule has 2 aliphatic rings. The fourth-order valence-electron chi connectivity index (χ4n) is 2.89. The summed E-state index contributed by atoms with van der Waals surface area (Å²) in [4.78, 5) is 0. The third kappa shape index (κ3) is 2.04. The summed E-state index contributed by atoms with van der Waals surface area (Å²) in [7, 11) is 0. The number of rotatable bonds is 0. The molecule has 1 aromatic carbocycles. The van der Waals surface area contributed by atoms with E-state index in [1.807, 2.05) is 0 Å². The average Bonchev–Trinajstić information content (AvgIpc) is 2.50. The zero-order valence-electron chi connectivity index (χ0n) is 9.05. The maximum Gasteiger partial charge on any atom is 0.416 e. The molecule has 0 aromatic heterocycles. The molecule has 1 aliphatic carbocycles. The summed E-state index contributed by atoms with van der Waals surface area (Å²) in [5.74, 6) is 0.687. The van der Waals surface area contributed by atoms with Crippen LogP contribution in [0.1, 0.15) is 34.9 Å². The molecule has 1 N–H and O–H groups in total. The van der Waals surface area contributed by atoms with E-state index in [9.17, 15) is 13.2 Å². The van der Waals surface area contributed by atoms with Crippen molar-refractivity contribution in [1.82, 2.24) is 5.32 Å². The molecule has 0 radical (unpaired) electrons. The topological polar surface area (TPSA) is 12.0 Å². The van der Waals surface area contributed by atoms with Gasteiger partial charge >= 0.3 is 6.18 Å². The van der Waals surface area contributed by atoms with Gasteiger partial charge in [-0.15, -0.1) is 12.4 Å². The average molecular weight is 264 g/mol. The van der Waals surface area contributed by atoms with Gasteiger partial charge in [-0.05, 0) is 41.5 Å². The van der Waals surface area contributed by atoms with Crippen molar-refractivity contribution < 1.29 is 13.2 Å². The van der Waals surface area contributed by atoms with Crippen molar-refractivity contribution in [2.24, 2.45) is 0 Å². The summed E-state index contributed by atoms with van der Waals surface area (Å²) in [5.41, 5.74) is 1.51. The van der Waals surface area contributed by atoms with Crippen LogP contribution in [0.15, 0.2) is 18.2 Å². The minimum absolute atomic E-state index is 0. The lowest BCUT2D eigenvalue weighted by Gasteiger charge is -2.19. The van der Waals surface area contributed by atoms with Crippen molar-refractivity contribution >= 4 is 12.4 Å². The second kappa shape index (κ2) is 4.18. The SMILES string of the molecule is Cl.FC(F)(F)c1ccc2c(c1)C1CNCC2C1. The molecule has 1 nitrogen and oxygen atoms in total. The molecule has 1 fully saturated rings. The molecule has 0 amide bonds. The minimum atomic E-state index is -4.22. The lowest BCUT2D eigenvalue weighted by Crippen LogP contribution is -2.28. The molecule has 1 heterocycles. The van der Waals surface area contributed by atoms with Crippen LogP contribution in [-0.4, -0.2) is 13.1 Å². The number of alkyl halides is 3. The Balaban J connectivity index is 0.00000108. The maximum absolute atomic E-state index is 12.6. The second-order valence-corrected chi connectivity index (χ2v) is 4.63. The molecule has 94 valence electrons. The molecule has 2 bridgehead atoms. The van der Waals surface area contributed by atoms with E-state index in [0.29, 0.717) is 5.92 Å². The van der Waals surface area contributed by atoms with Gasteiger partial charge in [0, 0.05) is 13.1 Å². The number of fused-ring (bicyclic) bond motifs is 5. The molecule has 1 aliphatic heterocycles. The highest BCUT2D eigenvalue weighted by atomic mass is 35.5. The van der Waals surface area contributed by atoms with Crippen LogP contribution >= 0.6 is 12.4 Å². The monoisotopic (exact) mass is 263 g/mol. The predicted molar refractivity (Wildman–Crippen MR) is 61.7 cm³/mol. The summed E-state index contributed by atoms with van der Waals surface area (Å²) in [5, 5.41) is 3.27. The van der Waals surface area contributed by atoms with Crippen LogP contribution in [0.5, 0.6) is 0 Å². The second-order valence-electron chi connectivity index (χ2n) is 4.63. The first-order valence-corrected chi connectivity index (χ1v) is 5.47. The van der Waals surface area contributed by atoms with Gasteiger partial charge in [-0.1, -0.05) is 6.07 Å². The molecule has 2 unspecified atom stereocenters. The van der Waals surface area contributed by atoms with Gasteiger partial charge in [0.25, 0.3) is 0 Å². The molecule has 0 spiro atoms. The van der Waals surface area contributed by atoms with E-state index >= 15 is 0 Å². The number of halogens is 4. The van der Waals surface area contributed by atoms with Gasteiger partial charge in [0.2, 0.25) is 0 Å². The fourth-order valence-corrected chi connectivity index (χ4v) is 2.89. The van der Waals surface area contributed by atoms with Gasteiger partial charge in [0.15, 0.2) is 0 Å². The molecule has 1 aromatic rings. The van der Waals surface area contributed by atoms with Crippen molar-refractivity contribution in [3.8, 4) is 0 Å². The maximum atomic E-state index is 12.6. The Kier molecular flexibility index (Phi) is 3.12. The van der Waals surface area contributed by atoms with Crippen molar-refractivity contribution in [1.29, 1.82) is 0 Å². The Labute approximate surface area is 104 Å². The molecule has 3 rings (SSSR count). The highest BCUT2D eigenvalue weighted by Crippen LogP contribution is 2.45. The van der Waals surface area contributed by atoms with Crippen LogP contribution in [-0.2, 0) is 6.18 Å². The number of benzene rings is 1. The Morgan fingerprint density at radius 2 is 1.71 bits per heavy atom. The number of nitrogens with one attached hydrogen (secondary N) is 1. The number of piperidine rings is 1. The van der Waals surface area contributed by atoms with E-state index in [4.69, 9.17) is 0 Å². The van der Waals surface area contributed by atoms with Crippen LogP contribution in [0.4, 0.5) is 13.2 Å². The minimum Gasteiger partial charge on any atom is -0.316 e. The fraction of sp³-hybridized carbons (Fsp3) is 0.500. The van der Waals surface area contributed by atoms with E-state index in [-0.39, 0.29) is 18.3 Å². The van der Waals surface area contributed by atoms with Crippen LogP contribution in [0.3, 0.4) is 0 Å². The summed E-state index contributed by atoms with van der Waals surface area (Å²) in [6, 6.07) is 4.21. The summed E-state index contributed by atoms with van der Waals surface area (Å²) in [6.07, 6.45) is -3.22. The smallest absolute Gasteiger partial charge is 0.316 e. The number of hydrogen-bond donors (Lipinski definition) is 1. The van der Waals surface area contributed by atoms with E-state index < -0.39 is 11.7 Å². The van der Waals surface area contributed by atoms with Gasteiger partial charge < -0.3 is 5.32 Å². The molecule has 0 saturated carbocycles. The molecular formula is C12H13ClF3N. The summed E-state index contributed by atoms with van der Waals surface area (Å²) >= 11 is 0. The van der Waals surface area contributed by atoms with Crippen molar-refractivity contribution in [3.05, 3.63) is 34.9 Å². The largest absolute Gasteiger partial charge is 0.416 e. The lowest BCUT2D eigenvalue weighted by molar-refractivity contribution is -0.137. The third-order valence-electron chi connectivity index (χ3n) is 3.64. The van der Waals surface area contributed by atoms with Gasteiger partial charge in [0.1, 0.15) is 0 Å². The lowest BCUT2D eigenvalue weighted by atomic mass is 9.98. The Hall–Kier alpha value is -0.740. The van der Waals surface area contributed by atoms with Crippen LogP contribution < -0.4 is 5.32 Å². The molecule has 2 atom stereocenters. The van der Waals surface area contributed by atoms with Crippen molar-refractivity contribution in [2.45, 2.75) is 24.4 Å². The first-order chi connectivity index (χ1) is 7.55. The van der Waals surface area contributed by atoms with Gasteiger partial charge in [-0.25, -0.2) is 0 Å². The Morgan fingerprint density at radius 3 is 2.35 bits per heavy atom. The van der Waals surface area contributed by atoms with E-state index in [0.717, 1.165) is 30.6 Å². The van der Waals surface area contributed by atoms with Gasteiger partial charge in [-0.2, -0.15) is 13.2 Å². The molecule has 17 heavy (non-hydrogen) atoms. The van der Waals surface area contributed by atoms with Crippen LogP contribution in [0.25, 0.3) is 0 Å². The van der Waals surface area contributed by atoms with E-state index in [1.54, 1.807) is 6.07 Å². The van der Waals surface area contributed by atoms with Crippen molar-refractivity contribution in [3.63, 3.8) is 0 Å². The quantitative estimate of drug-likeness (QED) is 0.757. The number of hydrogen-bond acceptors (Lipinski definition) is 1. The summed E-state index contributed by atoms with van der Waals surface area (Å²) in [6.45, 7) is 1.71. The van der Waals surface area contributed by atoms with Crippen molar-refractivity contribution in [2.75, 3.05) is 13.1 Å². The molecule has 5 heteroatoms. The first kappa shape index (κ1) is 12.7. The van der Waals surface area contributed by atoms with Gasteiger partial charge in [0.05, 0.1) is 5.56 Å². The highest BCUT2D eigenvalue weighted by Gasteiger charge is 2.37. The van der Waals surface area contributed by atoms with Crippen LogP contribution in [0, 0.1) is 0 Å².